The van der Waals surface area contributed by atoms with Gasteiger partial charge in [0, 0.05) is 6.54 Å². The molecule has 3 rings (SSSR count). The number of rotatable bonds is 6. The van der Waals surface area contributed by atoms with Crippen LogP contribution in [0.2, 0.25) is 0 Å². The summed E-state index contributed by atoms with van der Waals surface area (Å²) in [4.78, 5) is 16.9. The Labute approximate surface area is 138 Å². The van der Waals surface area contributed by atoms with Gasteiger partial charge in [-0.3, -0.25) is 4.79 Å². The Morgan fingerprint density at radius 2 is 2.29 bits per heavy atom. The minimum Gasteiger partial charge on any atom is -0.463 e. The molecular formula is C17H19N3O4. The molecule has 3 heterocycles. The maximum absolute atomic E-state index is 12.6. The van der Waals surface area contributed by atoms with Crippen molar-refractivity contribution in [3.63, 3.8) is 0 Å². The van der Waals surface area contributed by atoms with Gasteiger partial charge in [-0.2, -0.15) is 0 Å². The monoisotopic (exact) mass is 329 g/mol. The van der Waals surface area contributed by atoms with E-state index in [2.05, 4.69) is 15.5 Å². The molecular weight excluding hydrogens is 310 g/mol. The van der Waals surface area contributed by atoms with E-state index in [1.165, 1.54) is 6.26 Å². The highest BCUT2D eigenvalue weighted by atomic mass is 16.5. The van der Waals surface area contributed by atoms with Crippen molar-refractivity contribution in [3.05, 3.63) is 35.7 Å². The number of aromatic nitrogens is 2. The average molecular weight is 329 g/mol. The predicted octanol–water partition coefficient (Wildman–Crippen LogP) is 2.68. The topological polar surface area (TPSA) is 101 Å². The molecule has 0 bridgehead atoms. The van der Waals surface area contributed by atoms with E-state index in [0.29, 0.717) is 34.5 Å². The number of furan rings is 1. The molecule has 0 fully saturated rings. The van der Waals surface area contributed by atoms with Gasteiger partial charge >= 0.3 is 0 Å². The number of fused-ring (bicyclic) bond motifs is 1. The van der Waals surface area contributed by atoms with Crippen molar-refractivity contribution in [1.29, 1.82) is 0 Å². The first-order valence-electron chi connectivity index (χ1n) is 7.87. The molecule has 0 radical (unpaired) electrons. The van der Waals surface area contributed by atoms with Crippen molar-refractivity contribution >= 4 is 17.0 Å². The first kappa shape index (κ1) is 16.2. The van der Waals surface area contributed by atoms with Gasteiger partial charge < -0.3 is 19.4 Å². The van der Waals surface area contributed by atoms with Crippen molar-refractivity contribution in [3.8, 4) is 11.5 Å². The molecule has 0 spiro atoms. The predicted molar refractivity (Wildman–Crippen MR) is 87.5 cm³/mol. The Morgan fingerprint density at radius 3 is 3.00 bits per heavy atom. The number of hydrogen-bond acceptors (Lipinski definition) is 6. The number of aryl methyl sites for hydroxylation is 1. The summed E-state index contributed by atoms with van der Waals surface area (Å²) < 4.78 is 10.6. The van der Waals surface area contributed by atoms with Crippen LogP contribution in [0.4, 0.5) is 0 Å². The van der Waals surface area contributed by atoms with Crippen LogP contribution in [-0.2, 0) is 0 Å². The van der Waals surface area contributed by atoms with Crippen molar-refractivity contribution in [2.75, 3.05) is 6.54 Å². The summed E-state index contributed by atoms with van der Waals surface area (Å²) in [5.41, 5.74) is 1.75. The van der Waals surface area contributed by atoms with Crippen molar-refractivity contribution in [2.24, 2.45) is 0 Å². The van der Waals surface area contributed by atoms with Gasteiger partial charge in [-0.05, 0) is 31.5 Å². The molecule has 126 valence electrons. The van der Waals surface area contributed by atoms with E-state index in [0.717, 1.165) is 6.42 Å². The van der Waals surface area contributed by atoms with Gasteiger partial charge in [-0.1, -0.05) is 18.5 Å². The molecule has 1 atom stereocenters. The Hall–Kier alpha value is -2.67. The van der Waals surface area contributed by atoms with Crippen LogP contribution in [0.25, 0.3) is 22.6 Å². The Bertz CT molecular complexity index is 839. The molecule has 0 aliphatic heterocycles. The summed E-state index contributed by atoms with van der Waals surface area (Å²) in [5, 5.41) is 17.0. The maximum Gasteiger partial charge on any atom is 0.259 e. The lowest BCUT2D eigenvalue weighted by Gasteiger charge is -2.11. The van der Waals surface area contributed by atoms with Crippen LogP contribution in [0.5, 0.6) is 0 Å². The molecule has 24 heavy (non-hydrogen) atoms. The van der Waals surface area contributed by atoms with E-state index < -0.39 is 6.10 Å². The summed E-state index contributed by atoms with van der Waals surface area (Å²) in [6.45, 7) is 3.92. The summed E-state index contributed by atoms with van der Waals surface area (Å²) >= 11 is 0. The van der Waals surface area contributed by atoms with Crippen LogP contribution >= 0.6 is 0 Å². The smallest absolute Gasteiger partial charge is 0.259 e. The SMILES string of the molecule is CCCC(O)CNC(=O)c1cc(-c2ccco2)nc2onc(C)c12. The molecule has 1 amide bonds. The minimum absolute atomic E-state index is 0.191. The summed E-state index contributed by atoms with van der Waals surface area (Å²) in [6.07, 6.45) is 2.46. The number of pyridine rings is 1. The molecule has 7 nitrogen and oxygen atoms in total. The van der Waals surface area contributed by atoms with E-state index >= 15 is 0 Å². The molecule has 7 heteroatoms. The zero-order valence-corrected chi connectivity index (χ0v) is 13.6. The van der Waals surface area contributed by atoms with Gasteiger partial charge in [0.25, 0.3) is 11.6 Å². The molecule has 0 saturated carbocycles. The molecule has 0 aliphatic rings. The lowest BCUT2D eigenvalue weighted by molar-refractivity contribution is 0.0911. The molecule has 3 aromatic heterocycles. The lowest BCUT2D eigenvalue weighted by atomic mass is 10.1. The minimum atomic E-state index is -0.565. The average Bonchev–Trinajstić information content (AvgIpc) is 3.22. The summed E-state index contributed by atoms with van der Waals surface area (Å²) in [6, 6.07) is 5.14. The number of amides is 1. The third-order valence-corrected chi connectivity index (χ3v) is 3.76. The second-order valence-electron chi connectivity index (χ2n) is 5.63. The number of aliphatic hydroxyl groups excluding tert-OH is 1. The van der Waals surface area contributed by atoms with E-state index in [1.54, 1.807) is 25.1 Å². The highest BCUT2D eigenvalue weighted by molar-refractivity contribution is 6.06. The largest absolute Gasteiger partial charge is 0.463 e. The molecule has 0 aromatic carbocycles. The van der Waals surface area contributed by atoms with Gasteiger partial charge in [0.2, 0.25) is 0 Å². The normalized spacial score (nSPS) is 12.5. The Balaban J connectivity index is 1.96. The lowest BCUT2D eigenvalue weighted by Crippen LogP contribution is -2.32. The number of hydrogen-bond donors (Lipinski definition) is 2. The van der Waals surface area contributed by atoms with E-state index in [-0.39, 0.29) is 18.2 Å². The van der Waals surface area contributed by atoms with Crippen LogP contribution in [0.15, 0.2) is 33.4 Å². The van der Waals surface area contributed by atoms with Gasteiger partial charge in [0.1, 0.15) is 5.69 Å². The summed E-state index contributed by atoms with van der Waals surface area (Å²) in [5.74, 6) is 0.225. The Kier molecular flexibility index (Phi) is 4.61. The van der Waals surface area contributed by atoms with Gasteiger partial charge in [-0.25, -0.2) is 4.98 Å². The van der Waals surface area contributed by atoms with Crippen molar-refractivity contribution in [2.45, 2.75) is 32.8 Å². The van der Waals surface area contributed by atoms with Crippen molar-refractivity contribution < 1.29 is 18.8 Å². The fourth-order valence-corrected chi connectivity index (χ4v) is 2.57. The van der Waals surface area contributed by atoms with Crippen LogP contribution in [-0.4, -0.2) is 33.8 Å². The van der Waals surface area contributed by atoms with E-state index in [9.17, 15) is 9.90 Å². The number of nitrogens with one attached hydrogen (secondary N) is 1. The molecule has 3 aromatic rings. The highest BCUT2D eigenvalue weighted by Crippen LogP contribution is 2.27. The molecule has 0 saturated heterocycles. The second-order valence-corrected chi connectivity index (χ2v) is 5.63. The zero-order chi connectivity index (χ0) is 17.1. The zero-order valence-electron chi connectivity index (χ0n) is 13.6. The molecule has 0 aliphatic carbocycles. The first-order valence-corrected chi connectivity index (χ1v) is 7.87. The van der Waals surface area contributed by atoms with Gasteiger partial charge in [-0.15, -0.1) is 0 Å². The highest BCUT2D eigenvalue weighted by Gasteiger charge is 2.20. The van der Waals surface area contributed by atoms with E-state index in [4.69, 9.17) is 8.94 Å². The quantitative estimate of drug-likeness (QED) is 0.721. The van der Waals surface area contributed by atoms with Crippen LogP contribution in [0, 0.1) is 6.92 Å². The molecule has 1 unspecified atom stereocenters. The van der Waals surface area contributed by atoms with E-state index in [1.807, 2.05) is 6.92 Å². The fraction of sp³-hybridized carbons (Fsp3) is 0.353. The van der Waals surface area contributed by atoms with Crippen LogP contribution in [0.3, 0.4) is 0 Å². The van der Waals surface area contributed by atoms with Gasteiger partial charge in [0.15, 0.2) is 5.76 Å². The van der Waals surface area contributed by atoms with Gasteiger partial charge in [0.05, 0.1) is 29.0 Å². The maximum atomic E-state index is 12.6. The second kappa shape index (κ2) is 6.84. The number of nitrogens with zero attached hydrogens (tertiary/aromatic N) is 2. The Morgan fingerprint density at radius 1 is 1.46 bits per heavy atom. The van der Waals surface area contributed by atoms with Crippen LogP contribution < -0.4 is 5.32 Å². The number of aliphatic hydroxyl groups is 1. The standard InChI is InChI=1S/C17H19N3O4/c1-3-5-11(21)9-18-16(22)12-8-13(14-6-4-7-23-14)19-17-15(12)10(2)20-24-17/h4,6-8,11,21H,3,5,9H2,1-2H3,(H,18,22). The number of carbonyl (C=O) groups excluding carboxylic acids is 1. The third kappa shape index (κ3) is 3.16. The fourth-order valence-electron chi connectivity index (χ4n) is 2.57. The van der Waals surface area contributed by atoms with Crippen molar-refractivity contribution in [1.82, 2.24) is 15.5 Å². The van der Waals surface area contributed by atoms with Crippen LogP contribution in [0.1, 0.15) is 35.8 Å². The molecule has 2 N–H and O–H groups in total. The first-order chi connectivity index (χ1) is 11.6. The summed E-state index contributed by atoms with van der Waals surface area (Å²) in [7, 11) is 0. The third-order valence-electron chi connectivity index (χ3n) is 3.76. The number of carbonyl (C=O) groups is 1.